The zero-order valence-corrected chi connectivity index (χ0v) is 20.5. The van der Waals surface area contributed by atoms with E-state index in [1.165, 1.54) is 43.4 Å². The number of nitriles is 1. The number of benzene rings is 2. The van der Waals surface area contributed by atoms with Gasteiger partial charge in [0.2, 0.25) is 0 Å². The summed E-state index contributed by atoms with van der Waals surface area (Å²) in [5, 5.41) is 13.9. The van der Waals surface area contributed by atoms with E-state index >= 15 is 0 Å². The fourth-order valence-corrected chi connectivity index (χ4v) is 5.85. The Morgan fingerprint density at radius 2 is 1.41 bits per heavy atom. The Hall–Kier alpha value is -3.16. The SMILES string of the molecule is N#Cc1c(NC(=O)C(=Cc2ccccc2)c2ccccc2)sc2c1CCCCCCCCCC2. The predicted molar refractivity (Wildman–Crippen MR) is 143 cm³/mol. The van der Waals surface area contributed by atoms with Crippen LogP contribution in [0.5, 0.6) is 0 Å². The number of anilines is 1. The van der Waals surface area contributed by atoms with Crippen LogP contribution in [0.15, 0.2) is 60.7 Å². The summed E-state index contributed by atoms with van der Waals surface area (Å²) in [6, 6.07) is 22.0. The number of amides is 1. The molecule has 0 radical (unpaired) electrons. The van der Waals surface area contributed by atoms with Gasteiger partial charge in [-0.2, -0.15) is 5.26 Å². The van der Waals surface area contributed by atoms with Crippen LogP contribution in [0.1, 0.15) is 78.5 Å². The molecule has 174 valence electrons. The molecule has 0 saturated carbocycles. The van der Waals surface area contributed by atoms with Gasteiger partial charge < -0.3 is 5.32 Å². The van der Waals surface area contributed by atoms with Crippen molar-refractivity contribution in [2.45, 2.75) is 64.2 Å². The van der Waals surface area contributed by atoms with Crippen molar-refractivity contribution in [3.8, 4) is 6.07 Å². The average Bonchev–Trinajstić information content (AvgIpc) is 3.19. The van der Waals surface area contributed by atoms with E-state index in [2.05, 4.69) is 11.4 Å². The van der Waals surface area contributed by atoms with Gasteiger partial charge in [0.1, 0.15) is 11.1 Å². The molecule has 0 spiro atoms. The normalized spacial score (nSPS) is 15.3. The number of nitrogens with one attached hydrogen (secondary N) is 1. The number of thiophene rings is 1. The Kier molecular flexibility index (Phi) is 8.71. The molecular formula is C30H32N2OS. The second-order valence-corrected chi connectivity index (χ2v) is 10.0. The Morgan fingerprint density at radius 3 is 2.06 bits per heavy atom. The average molecular weight is 469 g/mol. The van der Waals surface area contributed by atoms with E-state index < -0.39 is 0 Å². The lowest BCUT2D eigenvalue weighted by Crippen LogP contribution is -2.13. The van der Waals surface area contributed by atoms with Crippen LogP contribution in [-0.2, 0) is 17.6 Å². The highest BCUT2D eigenvalue weighted by molar-refractivity contribution is 7.16. The van der Waals surface area contributed by atoms with E-state index in [-0.39, 0.29) is 5.91 Å². The van der Waals surface area contributed by atoms with Crippen LogP contribution >= 0.6 is 11.3 Å². The molecule has 34 heavy (non-hydrogen) atoms. The minimum absolute atomic E-state index is 0.177. The van der Waals surface area contributed by atoms with Gasteiger partial charge in [-0.1, -0.05) is 99.2 Å². The summed E-state index contributed by atoms with van der Waals surface area (Å²) >= 11 is 1.60. The first kappa shape index (κ1) is 24.0. The van der Waals surface area contributed by atoms with Crippen molar-refractivity contribution in [1.29, 1.82) is 5.26 Å². The van der Waals surface area contributed by atoms with E-state index in [1.807, 2.05) is 66.7 Å². The molecule has 3 aromatic rings. The van der Waals surface area contributed by atoms with Crippen LogP contribution in [0.3, 0.4) is 0 Å². The summed E-state index contributed by atoms with van der Waals surface area (Å²) in [7, 11) is 0. The first-order chi connectivity index (χ1) is 16.8. The lowest BCUT2D eigenvalue weighted by Gasteiger charge is -2.09. The fraction of sp³-hybridized carbons (Fsp3) is 0.333. The molecule has 4 rings (SSSR count). The van der Waals surface area contributed by atoms with Gasteiger partial charge in [0.15, 0.2) is 0 Å². The minimum Gasteiger partial charge on any atom is -0.312 e. The molecule has 0 fully saturated rings. The molecule has 0 saturated heterocycles. The van der Waals surface area contributed by atoms with Crippen LogP contribution in [-0.4, -0.2) is 5.91 Å². The maximum atomic E-state index is 13.6. The van der Waals surface area contributed by atoms with Crippen LogP contribution in [0.2, 0.25) is 0 Å². The van der Waals surface area contributed by atoms with Crippen molar-refractivity contribution in [2.75, 3.05) is 5.32 Å². The lowest BCUT2D eigenvalue weighted by atomic mass is 9.98. The van der Waals surface area contributed by atoms with Gasteiger partial charge in [0.25, 0.3) is 5.91 Å². The maximum absolute atomic E-state index is 13.6. The topological polar surface area (TPSA) is 52.9 Å². The summed E-state index contributed by atoms with van der Waals surface area (Å²) in [6.07, 6.45) is 13.8. The van der Waals surface area contributed by atoms with Crippen molar-refractivity contribution in [1.82, 2.24) is 0 Å². The Morgan fingerprint density at radius 1 is 0.824 bits per heavy atom. The number of nitrogens with zero attached hydrogens (tertiary/aromatic N) is 1. The highest BCUT2D eigenvalue weighted by Gasteiger charge is 2.21. The first-order valence-electron chi connectivity index (χ1n) is 12.4. The molecule has 3 nitrogen and oxygen atoms in total. The Labute approximate surface area is 207 Å². The van der Waals surface area contributed by atoms with Crippen LogP contribution < -0.4 is 5.32 Å². The smallest absolute Gasteiger partial charge is 0.256 e. The van der Waals surface area contributed by atoms with E-state index in [1.54, 1.807) is 11.3 Å². The standard InChI is InChI=1S/C30H32N2OS/c31-22-27-25-19-13-5-3-1-2-4-6-14-20-28(25)34-30(27)32-29(33)26(24-17-11-8-12-18-24)21-23-15-9-7-10-16-23/h7-12,15-18,21H,1-6,13-14,19-20H2,(H,32,33). The maximum Gasteiger partial charge on any atom is 0.256 e. The van der Waals surface area contributed by atoms with Gasteiger partial charge in [-0.15, -0.1) is 11.3 Å². The van der Waals surface area contributed by atoms with Gasteiger partial charge in [0, 0.05) is 10.5 Å². The van der Waals surface area contributed by atoms with E-state index in [0.717, 1.165) is 42.4 Å². The molecule has 1 amide bonds. The molecular weight excluding hydrogens is 436 g/mol. The summed E-state index contributed by atoms with van der Waals surface area (Å²) < 4.78 is 0. The second kappa shape index (κ2) is 12.3. The number of carbonyl (C=O) groups excluding carboxylic acids is 1. The summed E-state index contributed by atoms with van der Waals surface area (Å²) in [4.78, 5) is 14.8. The predicted octanol–water partition coefficient (Wildman–Crippen LogP) is 8.02. The second-order valence-electron chi connectivity index (χ2n) is 8.94. The Balaban J connectivity index is 1.64. The van der Waals surface area contributed by atoms with Gasteiger partial charge in [-0.25, -0.2) is 0 Å². The van der Waals surface area contributed by atoms with Gasteiger partial charge in [0.05, 0.1) is 5.56 Å². The van der Waals surface area contributed by atoms with E-state index in [0.29, 0.717) is 16.1 Å². The molecule has 0 unspecified atom stereocenters. The third-order valence-corrected chi connectivity index (χ3v) is 7.66. The number of fused-ring (bicyclic) bond motifs is 1. The number of hydrogen-bond donors (Lipinski definition) is 1. The zero-order chi connectivity index (χ0) is 23.6. The van der Waals surface area contributed by atoms with E-state index in [9.17, 15) is 10.1 Å². The summed E-state index contributed by atoms with van der Waals surface area (Å²) in [6.45, 7) is 0. The van der Waals surface area contributed by atoms with Gasteiger partial charge in [-0.05, 0) is 48.4 Å². The minimum atomic E-state index is -0.177. The zero-order valence-electron chi connectivity index (χ0n) is 19.7. The number of hydrogen-bond acceptors (Lipinski definition) is 3. The third kappa shape index (κ3) is 6.24. The summed E-state index contributed by atoms with van der Waals surface area (Å²) in [5.74, 6) is -0.177. The van der Waals surface area contributed by atoms with Crippen molar-refractivity contribution in [3.63, 3.8) is 0 Å². The van der Waals surface area contributed by atoms with Crippen LogP contribution in [0.4, 0.5) is 5.00 Å². The molecule has 0 bridgehead atoms. The quantitative estimate of drug-likeness (QED) is 0.311. The van der Waals surface area contributed by atoms with Crippen LogP contribution in [0, 0.1) is 11.3 Å². The Bertz CT molecular complexity index is 1160. The summed E-state index contributed by atoms with van der Waals surface area (Å²) in [5.41, 5.74) is 4.25. The van der Waals surface area contributed by atoms with Crippen molar-refractivity contribution < 1.29 is 4.79 Å². The molecule has 0 atom stereocenters. The lowest BCUT2D eigenvalue weighted by molar-refractivity contribution is -0.111. The number of carbonyl (C=O) groups is 1. The monoisotopic (exact) mass is 468 g/mol. The number of aryl methyl sites for hydroxylation is 1. The molecule has 1 N–H and O–H groups in total. The highest BCUT2D eigenvalue weighted by Crippen LogP contribution is 2.36. The molecule has 1 aliphatic carbocycles. The van der Waals surface area contributed by atoms with E-state index in [4.69, 9.17) is 0 Å². The van der Waals surface area contributed by atoms with Crippen molar-refractivity contribution in [2.24, 2.45) is 0 Å². The van der Waals surface area contributed by atoms with Crippen molar-refractivity contribution in [3.05, 3.63) is 87.8 Å². The molecule has 1 aromatic heterocycles. The molecule has 0 aliphatic heterocycles. The number of rotatable bonds is 4. The fourth-order valence-electron chi connectivity index (χ4n) is 4.62. The van der Waals surface area contributed by atoms with Gasteiger partial charge >= 0.3 is 0 Å². The van der Waals surface area contributed by atoms with Crippen LogP contribution in [0.25, 0.3) is 11.6 Å². The first-order valence-corrected chi connectivity index (χ1v) is 13.3. The third-order valence-electron chi connectivity index (χ3n) is 6.45. The molecule has 1 aliphatic rings. The molecule has 2 aromatic carbocycles. The van der Waals surface area contributed by atoms with Gasteiger partial charge in [-0.3, -0.25) is 4.79 Å². The highest BCUT2D eigenvalue weighted by atomic mass is 32.1. The molecule has 4 heteroatoms. The largest absolute Gasteiger partial charge is 0.312 e. The molecule has 1 heterocycles. The van der Waals surface area contributed by atoms with Crippen molar-refractivity contribution >= 4 is 33.9 Å².